The van der Waals surface area contributed by atoms with E-state index < -0.39 is 53.4 Å². The number of alkyl halides is 5. The van der Waals surface area contributed by atoms with Gasteiger partial charge in [-0.3, -0.25) is 9.48 Å². The Kier molecular flexibility index (Phi) is 2.84. The molecular formula is C12H11F5N2O2. The van der Waals surface area contributed by atoms with Crippen LogP contribution in [0.2, 0.25) is 0 Å². The van der Waals surface area contributed by atoms with E-state index in [2.05, 4.69) is 9.84 Å². The molecule has 0 aliphatic heterocycles. The van der Waals surface area contributed by atoms with Crippen LogP contribution in [0.3, 0.4) is 0 Å². The summed E-state index contributed by atoms with van der Waals surface area (Å²) in [5.74, 6) is -6.21. The molecule has 1 heterocycles. The first-order valence-corrected chi connectivity index (χ1v) is 6.39. The minimum Gasteiger partial charge on any atom is -0.465 e. The largest absolute Gasteiger partial charge is 0.465 e. The summed E-state index contributed by atoms with van der Waals surface area (Å²) >= 11 is 0. The molecule has 1 aromatic heterocycles. The van der Waals surface area contributed by atoms with Gasteiger partial charge in [-0.15, -0.1) is 0 Å². The number of esters is 1. The Hall–Kier alpha value is -1.67. The van der Waals surface area contributed by atoms with Crippen molar-refractivity contribution in [1.29, 1.82) is 0 Å². The normalized spacial score (nSPS) is 25.4. The third kappa shape index (κ3) is 2.01. The number of ether oxygens (including phenoxy) is 1. The minimum absolute atomic E-state index is 0.00998. The van der Waals surface area contributed by atoms with E-state index >= 15 is 0 Å². The van der Waals surface area contributed by atoms with Gasteiger partial charge in [0.2, 0.25) is 0 Å². The highest BCUT2D eigenvalue weighted by Crippen LogP contribution is 2.68. The molecule has 0 bridgehead atoms. The molecule has 0 N–H and O–H groups in total. The predicted octanol–water partition coefficient (Wildman–Crippen LogP) is 2.67. The zero-order valence-electron chi connectivity index (χ0n) is 10.9. The highest BCUT2D eigenvalue weighted by Gasteiger charge is 2.68. The monoisotopic (exact) mass is 310 g/mol. The average Bonchev–Trinajstić information content (AvgIpc) is 2.98. The van der Waals surface area contributed by atoms with Crippen molar-refractivity contribution in [2.75, 3.05) is 6.61 Å². The molecule has 1 saturated carbocycles. The van der Waals surface area contributed by atoms with E-state index in [0.29, 0.717) is 4.68 Å². The smallest absolute Gasteiger partial charge is 0.435 e. The first-order valence-electron chi connectivity index (χ1n) is 6.39. The van der Waals surface area contributed by atoms with E-state index in [1.54, 1.807) is 0 Å². The van der Waals surface area contributed by atoms with Crippen LogP contribution in [-0.2, 0) is 28.2 Å². The van der Waals surface area contributed by atoms with Crippen LogP contribution < -0.4 is 0 Å². The van der Waals surface area contributed by atoms with E-state index in [9.17, 15) is 26.7 Å². The maximum Gasteiger partial charge on any atom is 0.435 e. The van der Waals surface area contributed by atoms with Gasteiger partial charge in [-0.05, 0) is 19.3 Å². The first kappa shape index (κ1) is 14.3. The lowest BCUT2D eigenvalue weighted by Crippen LogP contribution is -2.23. The first-order chi connectivity index (χ1) is 9.67. The fourth-order valence-electron chi connectivity index (χ4n) is 2.92. The molecule has 3 rings (SSSR count). The highest BCUT2D eigenvalue weighted by atomic mass is 19.4. The molecular weight excluding hydrogens is 299 g/mol. The van der Waals surface area contributed by atoms with Crippen molar-refractivity contribution in [3.8, 4) is 0 Å². The van der Waals surface area contributed by atoms with Gasteiger partial charge in [0.05, 0.1) is 6.61 Å². The molecule has 1 aromatic rings. The average molecular weight is 310 g/mol. The lowest BCUT2D eigenvalue weighted by molar-refractivity contribution is -0.146. The number of aromatic nitrogens is 2. The van der Waals surface area contributed by atoms with Crippen molar-refractivity contribution >= 4 is 5.97 Å². The number of carbonyl (C=O) groups excluding carboxylic acids is 1. The zero-order valence-corrected chi connectivity index (χ0v) is 10.9. The lowest BCUT2D eigenvalue weighted by Gasteiger charge is -2.14. The van der Waals surface area contributed by atoms with Crippen molar-refractivity contribution < 1.29 is 31.5 Å². The fraction of sp³-hybridized carbons (Fsp3) is 0.667. The van der Waals surface area contributed by atoms with Gasteiger partial charge in [0, 0.05) is 11.5 Å². The van der Waals surface area contributed by atoms with Gasteiger partial charge in [0.15, 0.2) is 5.69 Å². The van der Waals surface area contributed by atoms with Crippen LogP contribution in [0.15, 0.2) is 0 Å². The topological polar surface area (TPSA) is 44.1 Å². The van der Waals surface area contributed by atoms with Crippen LogP contribution in [0.4, 0.5) is 22.0 Å². The number of nitrogens with zero attached hydrogens (tertiary/aromatic N) is 2. The van der Waals surface area contributed by atoms with Gasteiger partial charge in [-0.25, -0.2) is 0 Å². The van der Waals surface area contributed by atoms with Crippen molar-refractivity contribution in [3.05, 3.63) is 17.0 Å². The molecule has 0 saturated heterocycles. The molecule has 0 spiro atoms. The highest BCUT2D eigenvalue weighted by molar-refractivity contribution is 5.69. The van der Waals surface area contributed by atoms with E-state index in [1.807, 2.05) is 0 Å². The molecule has 2 atom stereocenters. The van der Waals surface area contributed by atoms with Crippen molar-refractivity contribution in [2.24, 2.45) is 5.92 Å². The van der Waals surface area contributed by atoms with E-state index in [0.717, 1.165) is 0 Å². The third-order valence-electron chi connectivity index (χ3n) is 3.78. The van der Waals surface area contributed by atoms with Crippen molar-refractivity contribution in [1.82, 2.24) is 9.78 Å². The fourth-order valence-corrected chi connectivity index (χ4v) is 2.92. The predicted molar refractivity (Wildman–Crippen MR) is 58.6 cm³/mol. The van der Waals surface area contributed by atoms with Crippen LogP contribution in [0, 0.1) is 5.92 Å². The summed E-state index contributed by atoms with van der Waals surface area (Å²) in [5.41, 5.74) is -2.56. The van der Waals surface area contributed by atoms with Crippen LogP contribution >= 0.6 is 0 Å². The van der Waals surface area contributed by atoms with E-state index in [-0.39, 0.29) is 13.0 Å². The Morgan fingerprint density at radius 2 is 2.14 bits per heavy atom. The quantitative estimate of drug-likeness (QED) is 0.637. The number of hydrogen-bond donors (Lipinski definition) is 0. The molecule has 9 heteroatoms. The van der Waals surface area contributed by atoms with E-state index in [4.69, 9.17) is 0 Å². The van der Waals surface area contributed by atoms with Gasteiger partial charge in [0.1, 0.15) is 12.2 Å². The maximum absolute atomic E-state index is 14.1. The van der Waals surface area contributed by atoms with Gasteiger partial charge in [-0.1, -0.05) is 0 Å². The number of hydrogen-bond acceptors (Lipinski definition) is 3. The summed E-state index contributed by atoms with van der Waals surface area (Å²) in [4.78, 5) is 11.4. The molecule has 1 unspecified atom stereocenters. The second-order valence-electron chi connectivity index (χ2n) is 5.14. The van der Waals surface area contributed by atoms with Gasteiger partial charge in [-0.2, -0.15) is 27.1 Å². The van der Waals surface area contributed by atoms with Crippen LogP contribution in [-0.4, -0.2) is 22.4 Å². The lowest BCUT2D eigenvalue weighted by atomic mass is 10.1. The molecule has 1 fully saturated rings. The maximum atomic E-state index is 14.1. The zero-order chi connectivity index (χ0) is 15.6. The summed E-state index contributed by atoms with van der Waals surface area (Å²) in [7, 11) is 0. The Morgan fingerprint density at radius 1 is 1.48 bits per heavy atom. The molecule has 0 aromatic carbocycles. The van der Waals surface area contributed by atoms with Crippen LogP contribution in [0.1, 0.15) is 36.2 Å². The Morgan fingerprint density at radius 3 is 2.71 bits per heavy atom. The van der Waals surface area contributed by atoms with Crippen LogP contribution in [0.5, 0.6) is 0 Å². The molecule has 21 heavy (non-hydrogen) atoms. The summed E-state index contributed by atoms with van der Waals surface area (Å²) in [6, 6.07) is 0. The minimum atomic E-state index is -4.82. The Bertz CT molecular complexity index is 608. The summed E-state index contributed by atoms with van der Waals surface area (Å²) in [6.45, 7) is 0.772. The molecule has 2 aliphatic carbocycles. The third-order valence-corrected chi connectivity index (χ3v) is 3.78. The molecule has 4 nitrogen and oxygen atoms in total. The summed E-state index contributed by atoms with van der Waals surface area (Å²) < 4.78 is 72.1. The number of rotatable bonds is 3. The summed E-state index contributed by atoms with van der Waals surface area (Å²) in [6.07, 6.45) is -4.80. The Labute approximate surface area is 115 Å². The van der Waals surface area contributed by atoms with Gasteiger partial charge >= 0.3 is 12.1 Å². The second-order valence-corrected chi connectivity index (χ2v) is 5.14. The molecule has 0 radical (unpaired) electrons. The number of carbonyl (C=O) groups is 1. The van der Waals surface area contributed by atoms with Crippen LogP contribution in [0.25, 0.3) is 0 Å². The molecule has 116 valence electrons. The second kappa shape index (κ2) is 4.17. The summed E-state index contributed by atoms with van der Waals surface area (Å²) in [5, 5.41) is 3.21. The molecule has 0 amide bonds. The van der Waals surface area contributed by atoms with Gasteiger partial charge < -0.3 is 4.74 Å². The number of fused-ring (bicyclic) bond motifs is 3. The van der Waals surface area contributed by atoms with Crippen molar-refractivity contribution in [3.63, 3.8) is 0 Å². The van der Waals surface area contributed by atoms with E-state index in [1.165, 1.54) is 6.92 Å². The standard InChI is InChI=1S/C12H11F5N2O2/c1-2-21-7(20)4-19-10-8(9(18-19)12(15,16)17)5-3-6(5)11(10,13)14/h5-6H,2-4H2,1H3/t5-,6?/m0/s1. The number of halogens is 5. The SMILES string of the molecule is CCOC(=O)Cn1nc(C(F)(F)F)c2c1C(F)(F)C1C[C@H]21. The molecule has 2 aliphatic rings. The van der Waals surface area contributed by atoms with Gasteiger partial charge in [0.25, 0.3) is 5.92 Å². The Balaban J connectivity index is 2.06. The van der Waals surface area contributed by atoms with Crippen molar-refractivity contribution in [2.45, 2.75) is 37.9 Å².